The first-order valence-corrected chi connectivity index (χ1v) is 9.96. The van der Waals surface area contributed by atoms with Crippen molar-refractivity contribution in [2.75, 3.05) is 24.6 Å². The van der Waals surface area contributed by atoms with Crippen LogP contribution in [0.1, 0.15) is 11.1 Å². The Balaban J connectivity index is 1.75. The monoisotopic (exact) mass is 377 g/mol. The topological polar surface area (TPSA) is 96.5 Å². The fourth-order valence-electron chi connectivity index (χ4n) is 2.32. The number of carbonyl (C=O) groups excluding carboxylic acids is 1. The smallest absolute Gasteiger partial charge is 0.315 e. The number of benzene rings is 2. The summed E-state index contributed by atoms with van der Waals surface area (Å²) in [6, 6.07) is 14.3. The van der Waals surface area contributed by atoms with Gasteiger partial charge in [0, 0.05) is 18.8 Å². The van der Waals surface area contributed by atoms with Crippen molar-refractivity contribution in [2.24, 2.45) is 0 Å². The minimum Gasteiger partial charge on any atom is -0.497 e. The number of rotatable bonds is 8. The number of ether oxygens (including phenoxy) is 1. The van der Waals surface area contributed by atoms with Gasteiger partial charge < -0.3 is 15.4 Å². The number of sulfonamides is 1. The molecule has 0 bridgehead atoms. The van der Waals surface area contributed by atoms with E-state index in [-0.39, 0.29) is 6.03 Å². The normalized spacial score (nSPS) is 10.8. The van der Waals surface area contributed by atoms with E-state index < -0.39 is 10.0 Å². The van der Waals surface area contributed by atoms with Gasteiger partial charge in [-0.15, -0.1) is 0 Å². The van der Waals surface area contributed by atoms with Crippen molar-refractivity contribution in [1.29, 1.82) is 0 Å². The maximum atomic E-state index is 11.9. The highest BCUT2D eigenvalue weighted by Gasteiger charge is 2.04. The van der Waals surface area contributed by atoms with Gasteiger partial charge in [-0.1, -0.05) is 24.3 Å². The second-order valence-electron chi connectivity index (χ2n) is 5.78. The molecule has 3 N–H and O–H groups in total. The number of amides is 2. The fraction of sp³-hybridized carbons (Fsp3) is 0.278. The van der Waals surface area contributed by atoms with Crippen LogP contribution in [0.25, 0.3) is 0 Å². The maximum absolute atomic E-state index is 11.9. The number of hydrogen-bond donors (Lipinski definition) is 3. The number of carbonyl (C=O) groups is 1. The van der Waals surface area contributed by atoms with E-state index in [1.807, 2.05) is 30.3 Å². The molecule has 0 saturated carbocycles. The maximum Gasteiger partial charge on any atom is 0.315 e. The predicted octanol–water partition coefficient (Wildman–Crippen LogP) is 2.11. The Hall–Kier alpha value is -2.74. The zero-order valence-electron chi connectivity index (χ0n) is 14.8. The van der Waals surface area contributed by atoms with Crippen LogP contribution in [0.15, 0.2) is 48.5 Å². The summed E-state index contributed by atoms with van der Waals surface area (Å²) in [5.74, 6) is 0.798. The molecule has 0 unspecified atom stereocenters. The molecule has 2 aromatic carbocycles. The molecule has 0 aromatic heterocycles. The third-order valence-corrected chi connectivity index (χ3v) is 4.15. The highest BCUT2D eigenvalue weighted by Crippen LogP contribution is 2.12. The summed E-state index contributed by atoms with van der Waals surface area (Å²) in [6.07, 6.45) is 1.80. The summed E-state index contributed by atoms with van der Waals surface area (Å²) < 4.78 is 30.0. The van der Waals surface area contributed by atoms with Gasteiger partial charge in [-0.2, -0.15) is 0 Å². The minimum absolute atomic E-state index is 0.278. The number of urea groups is 1. The van der Waals surface area contributed by atoms with Gasteiger partial charge >= 0.3 is 6.03 Å². The highest BCUT2D eigenvalue weighted by atomic mass is 32.2. The number of anilines is 1. The molecule has 0 heterocycles. The van der Waals surface area contributed by atoms with Crippen molar-refractivity contribution >= 4 is 21.7 Å². The molecule has 2 aromatic rings. The van der Waals surface area contributed by atoms with Crippen LogP contribution in [0.5, 0.6) is 5.75 Å². The van der Waals surface area contributed by atoms with E-state index in [9.17, 15) is 13.2 Å². The first-order chi connectivity index (χ1) is 12.4. The largest absolute Gasteiger partial charge is 0.497 e. The van der Waals surface area contributed by atoms with Crippen molar-refractivity contribution < 1.29 is 17.9 Å². The van der Waals surface area contributed by atoms with Crippen LogP contribution in [-0.4, -0.2) is 34.4 Å². The lowest BCUT2D eigenvalue weighted by Gasteiger charge is -2.10. The van der Waals surface area contributed by atoms with Crippen molar-refractivity contribution in [3.05, 3.63) is 59.7 Å². The average molecular weight is 377 g/mol. The third kappa shape index (κ3) is 7.02. The fourth-order valence-corrected chi connectivity index (χ4v) is 2.87. The summed E-state index contributed by atoms with van der Waals surface area (Å²) in [6.45, 7) is 0.807. The summed E-state index contributed by atoms with van der Waals surface area (Å²) in [5.41, 5.74) is 2.36. The summed E-state index contributed by atoms with van der Waals surface area (Å²) >= 11 is 0. The van der Waals surface area contributed by atoms with Crippen LogP contribution < -0.4 is 20.1 Å². The average Bonchev–Trinajstić information content (AvgIpc) is 2.59. The Morgan fingerprint density at radius 3 is 2.42 bits per heavy atom. The molecule has 0 atom stereocenters. The van der Waals surface area contributed by atoms with E-state index in [0.29, 0.717) is 25.2 Å². The van der Waals surface area contributed by atoms with Crippen molar-refractivity contribution in [3.8, 4) is 5.75 Å². The van der Waals surface area contributed by atoms with E-state index in [2.05, 4.69) is 15.4 Å². The highest BCUT2D eigenvalue weighted by molar-refractivity contribution is 7.92. The zero-order valence-corrected chi connectivity index (χ0v) is 15.6. The van der Waals surface area contributed by atoms with Gasteiger partial charge in [0.2, 0.25) is 10.0 Å². The number of hydrogen-bond acceptors (Lipinski definition) is 4. The Morgan fingerprint density at radius 2 is 1.77 bits per heavy atom. The lowest BCUT2D eigenvalue weighted by atomic mass is 10.1. The lowest BCUT2D eigenvalue weighted by Crippen LogP contribution is -2.36. The summed E-state index contributed by atoms with van der Waals surface area (Å²) in [5, 5.41) is 5.54. The molecule has 8 heteroatoms. The lowest BCUT2D eigenvalue weighted by molar-refractivity contribution is 0.240. The quantitative estimate of drug-likeness (QED) is 0.656. The number of nitrogens with one attached hydrogen (secondary N) is 3. The van der Waals surface area contributed by atoms with Gasteiger partial charge in [-0.25, -0.2) is 13.2 Å². The SMILES string of the molecule is COc1ccc(CCNC(=O)NCc2cccc(NS(C)(=O)=O)c2)cc1. The Morgan fingerprint density at radius 1 is 1.04 bits per heavy atom. The molecular weight excluding hydrogens is 354 g/mol. The molecule has 0 aliphatic rings. The molecule has 0 aliphatic carbocycles. The van der Waals surface area contributed by atoms with Crippen LogP contribution in [0.4, 0.5) is 10.5 Å². The van der Waals surface area contributed by atoms with E-state index in [1.165, 1.54) is 0 Å². The molecule has 2 amide bonds. The molecular formula is C18H23N3O4S. The number of methoxy groups -OCH3 is 1. The van der Waals surface area contributed by atoms with E-state index in [0.717, 1.165) is 23.1 Å². The Bertz CT molecular complexity index is 836. The molecule has 0 fully saturated rings. The van der Waals surface area contributed by atoms with Gasteiger partial charge in [-0.3, -0.25) is 4.72 Å². The summed E-state index contributed by atoms with van der Waals surface area (Å²) in [7, 11) is -1.71. The predicted molar refractivity (Wildman–Crippen MR) is 102 cm³/mol. The molecule has 26 heavy (non-hydrogen) atoms. The first kappa shape index (κ1) is 19.6. The van der Waals surface area contributed by atoms with Gasteiger partial charge in [0.1, 0.15) is 5.75 Å². The minimum atomic E-state index is -3.33. The van der Waals surface area contributed by atoms with E-state index in [4.69, 9.17) is 4.74 Å². The van der Waals surface area contributed by atoms with Crippen molar-refractivity contribution in [3.63, 3.8) is 0 Å². The first-order valence-electron chi connectivity index (χ1n) is 8.07. The molecule has 0 spiro atoms. The molecule has 0 radical (unpaired) electrons. The van der Waals surface area contributed by atoms with Crippen LogP contribution >= 0.6 is 0 Å². The van der Waals surface area contributed by atoms with E-state index in [1.54, 1.807) is 25.3 Å². The zero-order chi connectivity index (χ0) is 19.0. The van der Waals surface area contributed by atoms with Crippen LogP contribution in [0.2, 0.25) is 0 Å². The van der Waals surface area contributed by atoms with Gasteiger partial charge in [0.15, 0.2) is 0 Å². The van der Waals surface area contributed by atoms with E-state index >= 15 is 0 Å². The molecule has 0 aliphatic heterocycles. The van der Waals surface area contributed by atoms with Gasteiger partial charge in [0.25, 0.3) is 0 Å². The van der Waals surface area contributed by atoms with Crippen LogP contribution in [0, 0.1) is 0 Å². The Kier molecular flexibility index (Phi) is 6.85. The van der Waals surface area contributed by atoms with Gasteiger partial charge in [0.05, 0.1) is 13.4 Å². The third-order valence-electron chi connectivity index (χ3n) is 3.54. The van der Waals surface area contributed by atoms with Crippen molar-refractivity contribution in [1.82, 2.24) is 10.6 Å². The van der Waals surface area contributed by atoms with Crippen molar-refractivity contribution in [2.45, 2.75) is 13.0 Å². The van der Waals surface area contributed by atoms with Gasteiger partial charge in [-0.05, 0) is 41.8 Å². The molecule has 2 rings (SSSR count). The Labute approximate surface area is 153 Å². The molecule has 0 saturated heterocycles. The van der Waals surface area contributed by atoms with Crippen LogP contribution in [0.3, 0.4) is 0 Å². The molecule has 7 nitrogen and oxygen atoms in total. The summed E-state index contributed by atoms with van der Waals surface area (Å²) in [4.78, 5) is 11.9. The standard InChI is InChI=1S/C18H23N3O4S/c1-25-17-8-6-14(7-9-17)10-11-19-18(22)20-13-15-4-3-5-16(12-15)21-26(2,23)24/h3-9,12,21H,10-11,13H2,1-2H3,(H2,19,20,22). The second-order valence-corrected chi connectivity index (χ2v) is 7.53. The molecule has 140 valence electrons. The van der Waals surface area contributed by atoms with Crippen LogP contribution in [-0.2, 0) is 23.0 Å². The second kappa shape index (κ2) is 9.10.